The van der Waals surface area contributed by atoms with Crippen LogP contribution in [0.15, 0.2) is 42.5 Å². The number of likely N-dealkylation sites (N-methyl/N-ethyl adjacent to an activating group) is 1. The summed E-state index contributed by atoms with van der Waals surface area (Å²) < 4.78 is 0. The minimum absolute atomic E-state index is 0.00459. The number of hydrogen-bond donors (Lipinski definition) is 1. The van der Waals surface area contributed by atoms with E-state index in [9.17, 15) is 4.79 Å². The van der Waals surface area contributed by atoms with Crippen molar-refractivity contribution in [3.8, 4) is 10.4 Å². The summed E-state index contributed by atoms with van der Waals surface area (Å²) in [6, 6.07) is 14.4. The second kappa shape index (κ2) is 4.79. The van der Waals surface area contributed by atoms with Crippen LogP contribution in [0.4, 0.5) is 0 Å². The maximum atomic E-state index is 11.8. The van der Waals surface area contributed by atoms with Crippen LogP contribution in [0.2, 0.25) is 0 Å². The maximum Gasteiger partial charge on any atom is 0.240 e. The molecule has 0 bridgehead atoms. The van der Waals surface area contributed by atoms with Crippen molar-refractivity contribution in [1.29, 1.82) is 0 Å². The zero-order valence-corrected chi connectivity index (χ0v) is 11.8. The molecule has 1 saturated heterocycles. The summed E-state index contributed by atoms with van der Waals surface area (Å²) in [5.41, 5.74) is 1.22. The number of carbonyl (C=O) groups is 1. The van der Waals surface area contributed by atoms with Crippen LogP contribution in [-0.4, -0.2) is 23.9 Å². The SMILES string of the molecule is CC1NC(c2ccc(-c3ccccc3)s2)N(C)C1=O. The van der Waals surface area contributed by atoms with Gasteiger partial charge in [-0.3, -0.25) is 10.1 Å². The van der Waals surface area contributed by atoms with Crippen molar-refractivity contribution in [2.45, 2.75) is 19.1 Å². The van der Waals surface area contributed by atoms with Crippen molar-refractivity contribution in [3.63, 3.8) is 0 Å². The van der Waals surface area contributed by atoms with Gasteiger partial charge in [-0.15, -0.1) is 11.3 Å². The van der Waals surface area contributed by atoms with Crippen LogP contribution in [0.5, 0.6) is 0 Å². The van der Waals surface area contributed by atoms with E-state index in [-0.39, 0.29) is 18.1 Å². The molecule has 1 aromatic carbocycles. The fourth-order valence-corrected chi connectivity index (χ4v) is 3.50. The minimum atomic E-state index is -0.0997. The fraction of sp³-hybridized carbons (Fsp3) is 0.267. The van der Waals surface area contributed by atoms with Gasteiger partial charge in [-0.2, -0.15) is 0 Å². The van der Waals surface area contributed by atoms with E-state index in [2.05, 4.69) is 29.6 Å². The molecule has 0 aliphatic carbocycles. The molecule has 2 atom stereocenters. The van der Waals surface area contributed by atoms with Crippen molar-refractivity contribution in [3.05, 3.63) is 47.3 Å². The summed E-state index contributed by atoms with van der Waals surface area (Å²) in [4.78, 5) is 16.0. The van der Waals surface area contributed by atoms with E-state index in [0.29, 0.717) is 0 Å². The van der Waals surface area contributed by atoms with Crippen LogP contribution in [-0.2, 0) is 4.79 Å². The van der Waals surface area contributed by atoms with Crippen molar-refractivity contribution in [1.82, 2.24) is 10.2 Å². The summed E-state index contributed by atoms with van der Waals surface area (Å²) in [5.74, 6) is 0.152. The lowest BCUT2D eigenvalue weighted by Crippen LogP contribution is -2.25. The number of rotatable bonds is 2. The highest BCUT2D eigenvalue weighted by Gasteiger charge is 2.35. The molecule has 0 saturated carbocycles. The number of nitrogens with zero attached hydrogens (tertiary/aromatic N) is 1. The highest BCUT2D eigenvalue weighted by Crippen LogP contribution is 2.34. The average molecular weight is 272 g/mol. The van der Waals surface area contributed by atoms with E-state index >= 15 is 0 Å². The fourth-order valence-electron chi connectivity index (χ4n) is 2.38. The molecule has 1 amide bonds. The number of nitrogens with one attached hydrogen (secondary N) is 1. The number of hydrogen-bond acceptors (Lipinski definition) is 3. The molecule has 1 fully saturated rings. The lowest BCUT2D eigenvalue weighted by molar-refractivity contribution is -0.128. The van der Waals surface area contributed by atoms with Crippen molar-refractivity contribution < 1.29 is 4.79 Å². The van der Waals surface area contributed by atoms with Gasteiger partial charge >= 0.3 is 0 Å². The van der Waals surface area contributed by atoms with Gasteiger partial charge in [0.25, 0.3) is 0 Å². The van der Waals surface area contributed by atoms with E-state index in [1.807, 2.05) is 32.2 Å². The second-order valence-corrected chi connectivity index (χ2v) is 5.92. The van der Waals surface area contributed by atoms with Crippen molar-refractivity contribution in [2.75, 3.05) is 7.05 Å². The van der Waals surface area contributed by atoms with Gasteiger partial charge in [0.1, 0.15) is 6.17 Å². The molecular weight excluding hydrogens is 256 g/mol. The van der Waals surface area contributed by atoms with Crippen LogP contribution in [0.25, 0.3) is 10.4 Å². The zero-order valence-electron chi connectivity index (χ0n) is 11.0. The average Bonchev–Trinajstić information content (AvgIpc) is 3.01. The molecular formula is C15H16N2OS. The molecule has 1 aromatic heterocycles. The number of thiophene rings is 1. The third-order valence-electron chi connectivity index (χ3n) is 3.47. The third kappa shape index (κ3) is 2.17. The smallest absolute Gasteiger partial charge is 0.240 e. The molecule has 3 rings (SSSR count). The summed E-state index contributed by atoms with van der Waals surface area (Å²) in [6.45, 7) is 1.91. The standard InChI is InChI=1S/C15H16N2OS/c1-10-15(18)17(2)14(16-10)13-9-8-12(19-13)11-6-4-3-5-7-11/h3-10,14,16H,1-2H3. The number of amides is 1. The van der Waals surface area contributed by atoms with Gasteiger partial charge in [-0.25, -0.2) is 0 Å². The van der Waals surface area contributed by atoms with Gasteiger partial charge in [-0.1, -0.05) is 30.3 Å². The molecule has 0 spiro atoms. The minimum Gasteiger partial charge on any atom is -0.324 e. The summed E-state index contributed by atoms with van der Waals surface area (Å²) in [7, 11) is 1.85. The molecule has 2 heterocycles. The Labute approximate surface area is 116 Å². The Morgan fingerprint density at radius 3 is 2.53 bits per heavy atom. The highest BCUT2D eigenvalue weighted by molar-refractivity contribution is 7.15. The molecule has 1 aliphatic heterocycles. The first-order valence-corrected chi connectivity index (χ1v) is 7.16. The summed E-state index contributed by atoms with van der Waals surface area (Å²) in [5, 5.41) is 3.32. The van der Waals surface area contributed by atoms with Crippen LogP contribution >= 0.6 is 11.3 Å². The zero-order chi connectivity index (χ0) is 13.4. The topological polar surface area (TPSA) is 32.3 Å². The first kappa shape index (κ1) is 12.4. The molecule has 98 valence electrons. The van der Waals surface area contributed by atoms with E-state index in [4.69, 9.17) is 0 Å². The van der Waals surface area contributed by atoms with Gasteiger partial charge in [0.05, 0.1) is 6.04 Å². The molecule has 4 heteroatoms. The largest absolute Gasteiger partial charge is 0.324 e. The Kier molecular flexibility index (Phi) is 3.12. The lowest BCUT2D eigenvalue weighted by atomic mass is 10.2. The van der Waals surface area contributed by atoms with Crippen LogP contribution in [0, 0.1) is 0 Å². The lowest BCUT2D eigenvalue weighted by Gasteiger charge is -2.17. The van der Waals surface area contributed by atoms with E-state index in [1.54, 1.807) is 16.2 Å². The Hall–Kier alpha value is -1.65. The number of carbonyl (C=O) groups excluding carboxylic acids is 1. The van der Waals surface area contributed by atoms with Gasteiger partial charge in [0, 0.05) is 16.8 Å². The maximum absolute atomic E-state index is 11.8. The van der Waals surface area contributed by atoms with Crippen LogP contribution < -0.4 is 5.32 Å². The Balaban J connectivity index is 1.88. The quantitative estimate of drug-likeness (QED) is 0.911. The normalized spacial score (nSPS) is 23.1. The highest BCUT2D eigenvalue weighted by atomic mass is 32.1. The Morgan fingerprint density at radius 1 is 1.16 bits per heavy atom. The van der Waals surface area contributed by atoms with E-state index < -0.39 is 0 Å². The van der Waals surface area contributed by atoms with E-state index in [1.165, 1.54) is 15.3 Å². The van der Waals surface area contributed by atoms with Gasteiger partial charge in [0.15, 0.2) is 0 Å². The molecule has 3 nitrogen and oxygen atoms in total. The van der Waals surface area contributed by atoms with Crippen molar-refractivity contribution in [2.24, 2.45) is 0 Å². The molecule has 2 aromatic rings. The van der Waals surface area contributed by atoms with Gasteiger partial charge in [0.2, 0.25) is 5.91 Å². The predicted octanol–water partition coefficient (Wildman–Crippen LogP) is 2.86. The first-order valence-electron chi connectivity index (χ1n) is 6.34. The first-order chi connectivity index (χ1) is 9.16. The Bertz CT molecular complexity index is 593. The van der Waals surface area contributed by atoms with Crippen molar-refractivity contribution >= 4 is 17.2 Å². The van der Waals surface area contributed by atoms with Gasteiger partial charge < -0.3 is 4.90 Å². The molecule has 19 heavy (non-hydrogen) atoms. The molecule has 1 aliphatic rings. The van der Waals surface area contributed by atoms with E-state index in [0.717, 1.165) is 0 Å². The molecule has 1 N–H and O–H groups in total. The van der Waals surface area contributed by atoms with Crippen LogP contribution in [0.1, 0.15) is 18.0 Å². The second-order valence-electron chi connectivity index (χ2n) is 4.81. The van der Waals surface area contributed by atoms with Crippen LogP contribution in [0.3, 0.4) is 0 Å². The molecule has 0 radical (unpaired) electrons. The number of benzene rings is 1. The summed E-state index contributed by atoms with van der Waals surface area (Å²) >= 11 is 1.73. The predicted molar refractivity (Wildman–Crippen MR) is 77.9 cm³/mol. The molecule has 2 unspecified atom stereocenters. The van der Waals surface area contributed by atoms with Gasteiger partial charge in [-0.05, 0) is 24.6 Å². The Morgan fingerprint density at radius 2 is 1.89 bits per heavy atom. The monoisotopic (exact) mass is 272 g/mol. The summed E-state index contributed by atoms with van der Waals surface area (Å²) in [6.07, 6.45) is 0.00459. The third-order valence-corrected chi connectivity index (χ3v) is 4.65.